The molecule has 2 aromatic rings. The molecule has 3 rings (SSSR count). The number of ether oxygens (including phenoxy) is 1. The van der Waals surface area contributed by atoms with Crippen LogP contribution in [0.15, 0.2) is 62.5 Å². The van der Waals surface area contributed by atoms with Crippen molar-refractivity contribution in [2.24, 2.45) is 4.99 Å². The van der Waals surface area contributed by atoms with Crippen molar-refractivity contribution in [3.05, 3.63) is 64.4 Å². The molecule has 0 radical (unpaired) electrons. The van der Waals surface area contributed by atoms with Gasteiger partial charge in [0.15, 0.2) is 0 Å². The van der Waals surface area contributed by atoms with E-state index in [2.05, 4.69) is 4.99 Å². The number of hydrogen-bond donors (Lipinski definition) is 1. The minimum absolute atomic E-state index is 0.118. The Morgan fingerprint density at radius 1 is 1.23 bits per heavy atom. The first-order valence-corrected chi connectivity index (χ1v) is 9.52. The van der Waals surface area contributed by atoms with Gasteiger partial charge in [0, 0.05) is 24.4 Å². The highest BCUT2D eigenvalue weighted by Gasteiger charge is 2.34. The monoisotopic (exact) mass is 422 g/mol. The second-order valence-electron chi connectivity index (χ2n) is 6.74. The highest BCUT2D eigenvalue weighted by atomic mass is 16.5. The molecule has 2 amide bonds. The van der Waals surface area contributed by atoms with Crippen LogP contribution in [-0.4, -0.2) is 61.3 Å². The first kappa shape index (κ1) is 21.9. The van der Waals surface area contributed by atoms with Gasteiger partial charge in [-0.1, -0.05) is 12.1 Å². The molecule has 0 fully saturated rings. The van der Waals surface area contributed by atoms with Gasteiger partial charge >= 0.3 is 5.97 Å². The van der Waals surface area contributed by atoms with Crippen molar-refractivity contribution in [2.45, 2.75) is 6.92 Å². The minimum Gasteiger partial charge on any atom is -0.465 e. The van der Waals surface area contributed by atoms with Crippen LogP contribution in [0.5, 0.6) is 0 Å². The Balaban J connectivity index is 2.01. The van der Waals surface area contributed by atoms with Crippen LogP contribution in [0.25, 0.3) is 17.4 Å². The van der Waals surface area contributed by atoms with Gasteiger partial charge in [0.25, 0.3) is 11.8 Å². The third-order valence-corrected chi connectivity index (χ3v) is 4.82. The van der Waals surface area contributed by atoms with E-state index in [1.165, 1.54) is 20.4 Å². The summed E-state index contributed by atoms with van der Waals surface area (Å²) in [5, 5.41) is 9.25. The summed E-state index contributed by atoms with van der Waals surface area (Å²) in [5.74, 6) is -0.578. The van der Waals surface area contributed by atoms with Gasteiger partial charge in [-0.3, -0.25) is 19.5 Å². The van der Waals surface area contributed by atoms with Crippen LogP contribution in [0, 0.1) is 0 Å². The number of rotatable bonds is 6. The lowest BCUT2D eigenvalue weighted by atomic mass is 9.94. The number of esters is 1. The number of β-amino-alcohol motifs (C(OH)–C–C–N with tert-alkyl or cyclic N) is 1. The van der Waals surface area contributed by atoms with Crippen molar-refractivity contribution in [3.63, 3.8) is 0 Å². The summed E-state index contributed by atoms with van der Waals surface area (Å²) in [4.78, 5) is 42.1. The maximum atomic E-state index is 12.9. The fourth-order valence-electron chi connectivity index (χ4n) is 3.25. The van der Waals surface area contributed by atoms with Crippen molar-refractivity contribution in [2.75, 3.05) is 27.3 Å². The molecule has 0 unspecified atom stereocenters. The van der Waals surface area contributed by atoms with Gasteiger partial charge in [-0.15, -0.1) is 0 Å². The van der Waals surface area contributed by atoms with Gasteiger partial charge in [-0.25, -0.2) is 4.79 Å². The van der Waals surface area contributed by atoms with Crippen molar-refractivity contribution >= 4 is 30.1 Å². The highest BCUT2D eigenvalue weighted by Crippen LogP contribution is 2.29. The van der Waals surface area contributed by atoms with Crippen molar-refractivity contribution in [1.29, 1.82) is 0 Å². The van der Waals surface area contributed by atoms with Crippen LogP contribution in [0.1, 0.15) is 23.0 Å². The standard InChI is InChI=1S/C23H22N2O6/c1-14-18(21(27)25(9-10-26)22(28)19(14)13-24-2)12-17-7-8-20(31-17)15-5-4-6-16(11-15)23(29)30-3/h4-8,11-13,26H,9-10H2,1-3H3/b18-12-,24-13?. The molecule has 0 atom stereocenters. The van der Waals surface area contributed by atoms with Crippen LogP contribution < -0.4 is 0 Å². The third kappa shape index (κ3) is 4.39. The zero-order valence-corrected chi connectivity index (χ0v) is 17.4. The zero-order valence-electron chi connectivity index (χ0n) is 17.4. The number of benzene rings is 1. The number of furan rings is 1. The van der Waals surface area contributed by atoms with Gasteiger partial charge in [-0.05, 0) is 42.8 Å². The Morgan fingerprint density at radius 2 is 2.00 bits per heavy atom. The second kappa shape index (κ2) is 9.36. The van der Waals surface area contributed by atoms with Gasteiger partial charge < -0.3 is 14.3 Å². The second-order valence-corrected chi connectivity index (χ2v) is 6.74. The van der Waals surface area contributed by atoms with Crippen LogP contribution in [0.4, 0.5) is 0 Å². The molecule has 1 aromatic carbocycles. The largest absolute Gasteiger partial charge is 0.465 e. The maximum absolute atomic E-state index is 12.9. The molecule has 31 heavy (non-hydrogen) atoms. The number of imide groups is 1. The van der Waals surface area contributed by atoms with Crippen molar-refractivity contribution in [3.8, 4) is 11.3 Å². The molecule has 8 heteroatoms. The molecule has 2 heterocycles. The number of methoxy groups -OCH3 is 1. The first-order valence-electron chi connectivity index (χ1n) is 9.52. The fraction of sp³-hybridized carbons (Fsp3) is 0.217. The first-order chi connectivity index (χ1) is 14.9. The summed E-state index contributed by atoms with van der Waals surface area (Å²) in [7, 11) is 2.84. The van der Waals surface area contributed by atoms with Crippen LogP contribution >= 0.6 is 0 Å². The summed E-state index contributed by atoms with van der Waals surface area (Å²) in [6, 6.07) is 10.2. The van der Waals surface area contributed by atoms with E-state index in [0.717, 1.165) is 4.90 Å². The molecule has 8 nitrogen and oxygen atoms in total. The molecule has 160 valence electrons. The number of carbonyl (C=O) groups excluding carboxylic acids is 3. The average molecular weight is 422 g/mol. The lowest BCUT2D eigenvalue weighted by Crippen LogP contribution is -2.44. The number of carbonyl (C=O) groups is 3. The van der Waals surface area contributed by atoms with Crippen molar-refractivity contribution < 1.29 is 28.6 Å². The summed E-state index contributed by atoms with van der Waals surface area (Å²) in [5.41, 5.74) is 2.08. The summed E-state index contributed by atoms with van der Waals surface area (Å²) >= 11 is 0. The van der Waals surface area contributed by atoms with Crippen molar-refractivity contribution in [1.82, 2.24) is 4.90 Å². The van der Waals surface area contributed by atoms with E-state index < -0.39 is 17.8 Å². The quantitative estimate of drug-likeness (QED) is 0.332. The molecule has 0 bridgehead atoms. The van der Waals surface area contributed by atoms with Crippen LogP contribution in [0.3, 0.4) is 0 Å². The van der Waals surface area contributed by atoms with Crippen LogP contribution in [0.2, 0.25) is 0 Å². The number of amides is 2. The Hall–Kier alpha value is -3.78. The van der Waals surface area contributed by atoms with E-state index in [1.807, 2.05) is 0 Å². The molecule has 1 aliphatic rings. The Morgan fingerprint density at radius 3 is 2.68 bits per heavy atom. The number of hydrogen-bond acceptors (Lipinski definition) is 7. The van der Waals surface area contributed by atoms with E-state index in [0.29, 0.717) is 28.2 Å². The van der Waals surface area contributed by atoms with Gasteiger partial charge in [0.2, 0.25) is 0 Å². The van der Waals surface area contributed by atoms with Gasteiger partial charge in [-0.2, -0.15) is 0 Å². The third-order valence-electron chi connectivity index (χ3n) is 4.82. The molecule has 0 aliphatic carbocycles. The minimum atomic E-state index is -0.518. The maximum Gasteiger partial charge on any atom is 0.337 e. The van der Waals surface area contributed by atoms with Gasteiger partial charge in [0.05, 0.1) is 31.4 Å². The SMILES string of the molecule is CN=CC1=C(C)/C(=C/c2ccc(-c3cccc(C(=O)OC)c3)o2)C(=O)N(CCO)C1=O. The van der Waals surface area contributed by atoms with E-state index in [1.54, 1.807) is 49.4 Å². The Labute approximate surface area is 179 Å². The molecule has 1 aromatic heterocycles. The van der Waals surface area contributed by atoms with E-state index >= 15 is 0 Å². The van der Waals surface area contributed by atoms with E-state index in [4.69, 9.17) is 9.15 Å². The van der Waals surface area contributed by atoms with E-state index in [-0.39, 0.29) is 24.3 Å². The fourth-order valence-corrected chi connectivity index (χ4v) is 3.25. The molecule has 1 aliphatic heterocycles. The van der Waals surface area contributed by atoms with Gasteiger partial charge in [0.1, 0.15) is 11.5 Å². The Bertz CT molecular complexity index is 1120. The number of aliphatic hydroxyl groups excluding tert-OH is 1. The molecular formula is C23H22N2O6. The predicted octanol–water partition coefficient (Wildman–Crippen LogP) is 2.49. The molecule has 1 N–H and O–H groups in total. The summed E-state index contributed by atoms with van der Waals surface area (Å²) in [6.45, 7) is 1.20. The highest BCUT2D eigenvalue weighted by molar-refractivity contribution is 6.25. The number of nitrogens with zero attached hydrogens (tertiary/aromatic N) is 2. The average Bonchev–Trinajstić information content (AvgIpc) is 3.25. The molecule has 0 saturated carbocycles. The zero-order chi connectivity index (χ0) is 22.5. The predicted molar refractivity (Wildman–Crippen MR) is 114 cm³/mol. The van der Waals surface area contributed by atoms with Crippen LogP contribution in [-0.2, 0) is 14.3 Å². The normalized spacial score (nSPS) is 16.0. The smallest absolute Gasteiger partial charge is 0.337 e. The number of aliphatic hydroxyl groups is 1. The summed E-state index contributed by atoms with van der Waals surface area (Å²) in [6.07, 6.45) is 2.94. The summed E-state index contributed by atoms with van der Waals surface area (Å²) < 4.78 is 10.6. The molecule has 0 spiro atoms. The lowest BCUT2D eigenvalue weighted by molar-refractivity contribution is -0.140. The topological polar surface area (TPSA) is 109 Å². The molecular weight excluding hydrogens is 400 g/mol. The Kier molecular flexibility index (Phi) is 6.61. The lowest BCUT2D eigenvalue weighted by Gasteiger charge is -2.27. The molecule has 0 saturated heterocycles. The van der Waals surface area contributed by atoms with E-state index in [9.17, 15) is 19.5 Å². The number of aliphatic imine (C=N–C) groups is 1.